The first kappa shape index (κ1) is 16.5. The molecular weight excluding hydrogens is 338 g/mol. The van der Waals surface area contributed by atoms with Gasteiger partial charge in [-0.25, -0.2) is 4.98 Å². The Kier molecular flexibility index (Phi) is 4.00. The number of fused-ring (bicyclic) bond motifs is 2. The Morgan fingerprint density at radius 1 is 1.32 bits per heavy atom. The number of hydrogen-bond acceptors (Lipinski definition) is 5. The van der Waals surface area contributed by atoms with Gasteiger partial charge >= 0.3 is 5.97 Å². The Hall–Kier alpha value is -1.99. The maximum atomic E-state index is 13.0. The smallest absolute Gasteiger partial charge is 0.311 e. The highest BCUT2D eigenvalue weighted by Crippen LogP contribution is 2.42. The first-order chi connectivity index (χ1) is 12.0. The SMILES string of the molecule is CN1CCC[C@]2(C(=O)O)CCN(C(=O)c3ccc4scnc4c3)C[C@@H]12. The number of carboxylic acids is 1. The van der Waals surface area contributed by atoms with Crippen molar-refractivity contribution in [2.45, 2.75) is 25.3 Å². The van der Waals surface area contributed by atoms with Crippen LogP contribution in [0, 0.1) is 5.41 Å². The topological polar surface area (TPSA) is 73.7 Å². The van der Waals surface area contributed by atoms with Crippen LogP contribution in [0.3, 0.4) is 0 Å². The fourth-order valence-electron chi connectivity index (χ4n) is 4.34. The average molecular weight is 359 g/mol. The van der Waals surface area contributed by atoms with E-state index in [1.54, 1.807) is 21.7 Å². The monoisotopic (exact) mass is 359 g/mol. The summed E-state index contributed by atoms with van der Waals surface area (Å²) in [5.74, 6) is -0.757. The first-order valence-corrected chi connectivity index (χ1v) is 9.45. The molecule has 7 heteroatoms. The molecule has 2 saturated heterocycles. The van der Waals surface area contributed by atoms with Gasteiger partial charge < -0.3 is 14.9 Å². The number of aromatic nitrogens is 1. The van der Waals surface area contributed by atoms with Gasteiger partial charge in [-0.3, -0.25) is 9.59 Å². The molecule has 132 valence electrons. The Labute approximate surface area is 150 Å². The van der Waals surface area contributed by atoms with Crippen LogP contribution in [0.5, 0.6) is 0 Å². The van der Waals surface area contributed by atoms with E-state index in [0.717, 1.165) is 23.2 Å². The van der Waals surface area contributed by atoms with Crippen molar-refractivity contribution in [1.82, 2.24) is 14.8 Å². The summed E-state index contributed by atoms with van der Waals surface area (Å²) >= 11 is 1.55. The minimum absolute atomic E-state index is 0.0344. The van der Waals surface area contributed by atoms with Crippen molar-refractivity contribution in [2.75, 3.05) is 26.7 Å². The third-order valence-electron chi connectivity index (χ3n) is 5.82. The number of piperidine rings is 2. The Morgan fingerprint density at radius 2 is 2.16 bits per heavy atom. The van der Waals surface area contributed by atoms with E-state index >= 15 is 0 Å². The quantitative estimate of drug-likeness (QED) is 0.891. The number of aliphatic carboxylic acids is 1. The summed E-state index contributed by atoms with van der Waals surface area (Å²) in [6.45, 7) is 1.84. The highest BCUT2D eigenvalue weighted by Gasteiger charge is 2.52. The molecule has 2 aromatic rings. The van der Waals surface area contributed by atoms with Gasteiger partial charge in [0.05, 0.1) is 21.1 Å². The fourth-order valence-corrected chi connectivity index (χ4v) is 5.00. The van der Waals surface area contributed by atoms with E-state index in [1.165, 1.54) is 0 Å². The molecule has 1 amide bonds. The van der Waals surface area contributed by atoms with Gasteiger partial charge in [0.15, 0.2) is 0 Å². The van der Waals surface area contributed by atoms with Crippen molar-refractivity contribution >= 4 is 33.4 Å². The Morgan fingerprint density at radius 3 is 2.96 bits per heavy atom. The van der Waals surface area contributed by atoms with Crippen LogP contribution in [0.25, 0.3) is 10.2 Å². The zero-order valence-electron chi connectivity index (χ0n) is 14.1. The largest absolute Gasteiger partial charge is 0.481 e. The molecule has 2 aliphatic rings. The zero-order chi connectivity index (χ0) is 17.6. The van der Waals surface area contributed by atoms with Crippen LogP contribution < -0.4 is 0 Å². The molecule has 25 heavy (non-hydrogen) atoms. The summed E-state index contributed by atoms with van der Waals surface area (Å²) < 4.78 is 1.06. The third-order valence-corrected chi connectivity index (χ3v) is 6.63. The molecule has 1 aromatic heterocycles. The van der Waals surface area contributed by atoms with E-state index in [4.69, 9.17) is 0 Å². The molecule has 0 aliphatic carbocycles. The van der Waals surface area contributed by atoms with Gasteiger partial charge in [-0.15, -0.1) is 11.3 Å². The van der Waals surface area contributed by atoms with Crippen LogP contribution in [0.2, 0.25) is 0 Å². The number of rotatable bonds is 2. The second kappa shape index (κ2) is 6.07. The van der Waals surface area contributed by atoms with Crippen LogP contribution in [-0.2, 0) is 4.79 Å². The molecule has 2 aliphatic heterocycles. The molecule has 0 radical (unpaired) electrons. The van der Waals surface area contributed by atoms with Crippen LogP contribution in [-0.4, -0.2) is 64.5 Å². The van der Waals surface area contributed by atoms with Crippen molar-refractivity contribution < 1.29 is 14.7 Å². The lowest BCUT2D eigenvalue weighted by Crippen LogP contribution is -2.63. The molecule has 1 N–H and O–H groups in total. The van der Waals surface area contributed by atoms with Gasteiger partial charge in [0.2, 0.25) is 0 Å². The predicted molar refractivity (Wildman–Crippen MR) is 95.9 cm³/mol. The second-order valence-electron chi connectivity index (χ2n) is 7.10. The van der Waals surface area contributed by atoms with Gasteiger partial charge in [0.1, 0.15) is 0 Å². The summed E-state index contributed by atoms with van der Waals surface area (Å²) in [6.07, 6.45) is 2.11. The number of amides is 1. The minimum atomic E-state index is -0.722. The maximum Gasteiger partial charge on any atom is 0.311 e. The van der Waals surface area contributed by atoms with Gasteiger partial charge in [-0.05, 0) is 51.1 Å². The normalized spacial score (nSPS) is 27.2. The summed E-state index contributed by atoms with van der Waals surface area (Å²) in [6, 6.07) is 5.47. The number of benzene rings is 1. The molecular formula is C18H21N3O3S. The van der Waals surface area contributed by atoms with Crippen molar-refractivity contribution in [3.05, 3.63) is 29.3 Å². The van der Waals surface area contributed by atoms with Crippen LogP contribution in [0.15, 0.2) is 23.7 Å². The lowest BCUT2D eigenvalue weighted by atomic mass is 9.68. The first-order valence-electron chi connectivity index (χ1n) is 8.57. The highest BCUT2D eigenvalue weighted by molar-refractivity contribution is 7.16. The number of carbonyl (C=O) groups is 2. The summed E-state index contributed by atoms with van der Waals surface area (Å²) in [4.78, 5) is 33.1. The van der Waals surface area contributed by atoms with Crippen molar-refractivity contribution in [1.29, 1.82) is 0 Å². The van der Waals surface area contributed by atoms with Crippen molar-refractivity contribution in [3.63, 3.8) is 0 Å². The molecule has 0 spiro atoms. The molecule has 0 bridgehead atoms. The van der Waals surface area contributed by atoms with Gasteiger partial charge in [-0.2, -0.15) is 0 Å². The lowest BCUT2D eigenvalue weighted by molar-refractivity contribution is -0.161. The number of carboxylic acid groups (broad SMARTS) is 1. The summed E-state index contributed by atoms with van der Waals surface area (Å²) in [5.41, 5.74) is 2.52. The van der Waals surface area contributed by atoms with Crippen molar-refractivity contribution in [2.24, 2.45) is 5.41 Å². The summed E-state index contributed by atoms with van der Waals surface area (Å²) in [7, 11) is 1.97. The maximum absolute atomic E-state index is 13.0. The molecule has 2 atom stereocenters. The van der Waals surface area contributed by atoms with E-state index in [0.29, 0.717) is 31.5 Å². The van der Waals surface area contributed by atoms with Gasteiger partial charge in [0, 0.05) is 24.7 Å². The second-order valence-corrected chi connectivity index (χ2v) is 7.98. The number of nitrogens with zero attached hydrogens (tertiary/aromatic N) is 3. The standard InChI is InChI=1S/C18H21N3O3S/c1-20-7-2-5-18(17(23)24)6-8-21(10-15(18)20)16(22)12-3-4-14-13(9-12)19-11-25-14/h3-4,9,11,15H,2,5-8,10H2,1H3,(H,23,24)/t15-,18+/m1/s1. The number of thiazole rings is 1. The molecule has 1 aromatic carbocycles. The van der Waals surface area contributed by atoms with E-state index in [2.05, 4.69) is 9.88 Å². The van der Waals surface area contributed by atoms with Crippen LogP contribution in [0.1, 0.15) is 29.6 Å². The molecule has 0 unspecified atom stereocenters. The zero-order valence-corrected chi connectivity index (χ0v) is 15.0. The number of likely N-dealkylation sites (N-methyl/N-ethyl adjacent to an activating group) is 1. The van der Waals surface area contributed by atoms with E-state index in [1.807, 2.05) is 25.2 Å². The highest BCUT2D eigenvalue weighted by atomic mass is 32.1. The predicted octanol–water partition coefficient (Wildman–Crippen LogP) is 2.31. The molecule has 6 nitrogen and oxygen atoms in total. The van der Waals surface area contributed by atoms with Crippen LogP contribution >= 0.6 is 11.3 Å². The van der Waals surface area contributed by atoms with Gasteiger partial charge in [-0.1, -0.05) is 0 Å². The molecule has 4 rings (SSSR count). The number of hydrogen-bond donors (Lipinski definition) is 1. The van der Waals surface area contributed by atoms with Gasteiger partial charge in [0.25, 0.3) is 5.91 Å². The Balaban J connectivity index is 1.59. The molecule has 0 saturated carbocycles. The molecule has 3 heterocycles. The van der Waals surface area contributed by atoms with E-state index in [-0.39, 0.29) is 11.9 Å². The van der Waals surface area contributed by atoms with E-state index < -0.39 is 11.4 Å². The van der Waals surface area contributed by atoms with E-state index in [9.17, 15) is 14.7 Å². The number of likely N-dealkylation sites (tertiary alicyclic amines) is 2. The van der Waals surface area contributed by atoms with Crippen molar-refractivity contribution in [3.8, 4) is 0 Å². The number of carbonyl (C=O) groups excluding carboxylic acids is 1. The fraction of sp³-hybridized carbons (Fsp3) is 0.500. The van der Waals surface area contributed by atoms with Crippen LogP contribution in [0.4, 0.5) is 0 Å². The lowest BCUT2D eigenvalue weighted by Gasteiger charge is -2.51. The summed E-state index contributed by atoms with van der Waals surface area (Å²) in [5, 5.41) is 9.84. The third kappa shape index (κ3) is 2.62. The molecule has 2 fully saturated rings. The Bertz CT molecular complexity index is 836. The average Bonchev–Trinajstić information content (AvgIpc) is 3.08. The minimum Gasteiger partial charge on any atom is -0.481 e.